The van der Waals surface area contributed by atoms with Gasteiger partial charge in [-0.1, -0.05) is 37.4 Å². The van der Waals surface area contributed by atoms with Crippen molar-refractivity contribution in [1.82, 2.24) is 0 Å². The van der Waals surface area contributed by atoms with Crippen molar-refractivity contribution >= 4 is 11.6 Å². The van der Waals surface area contributed by atoms with Gasteiger partial charge in [0, 0.05) is 16.1 Å². The van der Waals surface area contributed by atoms with Crippen molar-refractivity contribution in [2.75, 3.05) is 0 Å². The summed E-state index contributed by atoms with van der Waals surface area (Å²) in [5.74, 6) is 0.501. The molecule has 1 fully saturated rings. The molecule has 0 spiro atoms. The highest BCUT2D eigenvalue weighted by Gasteiger charge is 2.34. The van der Waals surface area contributed by atoms with E-state index in [1.807, 2.05) is 0 Å². The fraction of sp³-hybridized carbons (Fsp3) is 0.600. The molecule has 1 aliphatic rings. The van der Waals surface area contributed by atoms with Gasteiger partial charge in [0.2, 0.25) is 0 Å². The first kappa shape index (κ1) is 13.8. The monoisotopic (exact) mass is 269 g/mol. The quantitative estimate of drug-likeness (QED) is 0.851. The van der Waals surface area contributed by atoms with Crippen molar-refractivity contribution in [2.45, 2.75) is 51.0 Å². The summed E-state index contributed by atoms with van der Waals surface area (Å²) in [6.07, 6.45) is 6.43. The SMILES string of the molecule is CCCC1CCC(N)(c2ccc(Cl)cc2F)CC1. The third kappa shape index (κ3) is 2.86. The van der Waals surface area contributed by atoms with Gasteiger partial charge in [-0.25, -0.2) is 4.39 Å². The summed E-state index contributed by atoms with van der Waals surface area (Å²) in [5, 5.41) is 0.430. The van der Waals surface area contributed by atoms with Crippen LogP contribution in [0.1, 0.15) is 51.0 Å². The van der Waals surface area contributed by atoms with Gasteiger partial charge in [0.15, 0.2) is 0 Å². The van der Waals surface area contributed by atoms with E-state index in [0.29, 0.717) is 10.6 Å². The van der Waals surface area contributed by atoms with Gasteiger partial charge in [0.05, 0.1) is 0 Å². The second kappa shape index (κ2) is 5.58. The molecule has 1 aliphatic carbocycles. The van der Waals surface area contributed by atoms with Crippen LogP contribution in [-0.2, 0) is 5.54 Å². The molecule has 0 aliphatic heterocycles. The van der Waals surface area contributed by atoms with Crippen LogP contribution in [0.3, 0.4) is 0 Å². The zero-order chi connectivity index (χ0) is 13.2. The predicted molar refractivity (Wildman–Crippen MR) is 74.1 cm³/mol. The molecule has 0 bridgehead atoms. The van der Waals surface area contributed by atoms with Gasteiger partial charge in [-0.15, -0.1) is 0 Å². The zero-order valence-corrected chi connectivity index (χ0v) is 11.6. The minimum absolute atomic E-state index is 0.265. The largest absolute Gasteiger partial charge is 0.321 e. The zero-order valence-electron chi connectivity index (χ0n) is 10.9. The maximum absolute atomic E-state index is 14.0. The topological polar surface area (TPSA) is 26.0 Å². The van der Waals surface area contributed by atoms with Gasteiger partial charge in [0.25, 0.3) is 0 Å². The van der Waals surface area contributed by atoms with E-state index >= 15 is 0 Å². The Morgan fingerprint density at radius 2 is 2.06 bits per heavy atom. The minimum atomic E-state index is -0.501. The second-order valence-electron chi connectivity index (χ2n) is 5.51. The molecule has 18 heavy (non-hydrogen) atoms. The average molecular weight is 270 g/mol. The van der Waals surface area contributed by atoms with E-state index in [1.54, 1.807) is 12.1 Å². The fourth-order valence-electron chi connectivity index (χ4n) is 3.05. The first-order valence-corrected chi connectivity index (χ1v) is 7.17. The van der Waals surface area contributed by atoms with Gasteiger partial charge >= 0.3 is 0 Å². The first-order chi connectivity index (χ1) is 8.55. The molecule has 0 radical (unpaired) electrons. The van der Waals surface area contributed by atoms with E-state index in [0.717, 1.165) is 31.6 Å². The standard InChI is InChI=1S/C15H21ClFN/c1-2-3-11-6-8-15(18,9-7-11)13-5-4-12(16)10-14(13)17/h4-5,10-11H,2-3,6-9,18H2,1H3. The van der Waals surface area contributed by atoms with E-state index in [-0.39, 0.29) is 5.82 Å². The van der Waals surface area contributed by atoms with Gasteiger partial charge in [-0.3, -0.25) is 0 Å². The summed E-state index contributed by atoms with van der Waals surface area (Å²) in [4.78, 5) is 0. The Morgan fingerprint density at radius 1 is 1.39 bits per heavy atom. The number of nitrogens with two attached hydrogens (primary N) is 1. The van der Waals surface area contributed by atoms with E-state index in [9.17, 15) is 4.39 Å². The van der Waals surface area contributed by atoms with Crippen molar-refractivity contribution in [3.63, 3.8) is 0 Å². The Labute approximate surface area is 114 Å². The molecular formula is C15H21ClFN. The molecule has 1 aromatic rings. The second-order valence-corrected chi connectivity index (χ2v) is 5.95. The summed E-state index contributed by atoms with van der Waals surface area (Å²) >= 11 is 5.78. The summed E-state index contributed by atoms with van der Waals surface area (Å²) in [7, 11) is 0. The number of hydrogen-bond donors (Lipinski definition) is 1. The number of halogens is 2. The molecule has 0 saturated heterocycles. The van der Waals surface area contributed by atoms with Crippen molar-refractivity contribution in [3.8, 4) is 0 Å². The highest BCUT2D eigenvalue weighted by molar-refractivity contribution is 6.30. The summed E-state index contributed by atoms with van der Waals surface area (Å²) in [5.41, 5.74) is 6.53. The molecule has 0 atom stereocenters. The Morgan fingerprint density at radius 3 is 2.61 bits per heavy atom. The Hall–Kier alpha value is -0.600. The summed E-state index contributed by atoms with van der Waals surface area (Å²) < 4.78 is 14.0. The smallest absolute Gasteiger partial charge is 0.129 e. The Balaban J connectivity index is 2.13. The molecule has 3 heteroatoms. The molecule has 1 saturated carbocycles. The lowest BCUT2D eigenvalue weighted by Gasteiger charge is -2.37. The normalized spacial score (nSPS) is 28.3. The van der Waals surface area contributed by atoms with Crippen LogP contribution in [0.4, 0.5) is 4.39 Å². The molecule has 0 amide bonds. The lowest BCUT2D eigenvalue weighted by atomic mass is 9.72. The van der Waals surface area contributed by atoms with Crippen LogP contribution >= 0.6 is 11.6 Å². The number of hydrogen-bond acceptors (Lipinski definition) is 1. The van der Waals surface area contributed by atoms with E-state index in [1.165, 1.54) is 18.9 Å². The van der Waals surface area contributed by atoms with Crippen molar-refractivity contribution in [2.24, 2.45) is 11.7 Å². The van der Waals surface area contributed by atoms with Crippen LogP contribution < -0.4 is 5.73 Å². The third-order valence-corrected chi connectivity index (χ3v) is 4.40. The third-order valence-electron chi connectivity index (χ3n) is 4.16. The molecule has 0 aromatic heterocycles. The van der Waals surface area contributed by atoms with Crippen LogP contribution in [0.15, 0.2) is 18.2 Å². The molecule has 1 nitrogen and oxygen atoms in total. The van der Waals surface area contributed by atoms with Gasteiger partial charge in [-0.05, 0) is 43.7 Å². The minimum Gasteiger partial charge on any atom is -0.321 e. The van der Waals surface area contributed by atoms with Gasteiger partial charge < -0.3 is 5.73 Å². The predicted octanol–water partition coefficient (Wildman–Crippen LogP) is 4.62. The maximum Gasteiger partial charge on any atom is 0.129 e. The molecule has 2 N–H and O–H groups in total. The molecule has 1 aromatic carbocycles. The Kier molecular flexibility index (Phi) is 4.29. The molecule has 0 unspecified atom stereocenters. The van der Waals surface area contributed by atoms with Gasteiger partial charge in [-0.2, -0.15) is 0 Å². The summed E-state index contributed by atoms with van der Waals surface area (Å²) in [6.45, 7) is 2.21. The number of benzene rings is 1. The van der Waals surface area contributed by atoms with E-state index < -0.39 is 5.54 Å². The van der Waals surface area contributed by atoms with Crippen LogP contribution in [0.25, 0.3) is 0 Å². The van der Waals surface area contributed by atoms with Crippen LogP contribution in [0.5, 0.6) is 0 Å². The van der Waals surface area contributed by atoms with Crippen molar-refractivity contribution < 1.29 is 4.39 Å². The highest BCUT2D eigenvalue weighted by Crippen LogP contribution is 2.40. The number of rotatable bonds is 3. The van der Waals surface area contributed by atoms with Crippen molar-refractivity contribution in [3.05, 3.63) is 34.6 Å². The Bertz CT molecular complexity index is 411. The van der Waals surface area contributed by atoms with Crippen LogP contribution in [-0.4, -0.2) is 0 Å². The average Bonchev–Trinajstić information content (AvgIpc) is 2.32. The lowest BCUT2D eigenvalue weighted by molar-refractivity contribution is 0.221. The van der Waals surface area contributed by atoms with Crippen LogP contribution in [0.2, 0.25) is 5.02 Å². The molecule has 0 heterocycles. The molecule has 100 valence electrons. The van der Waals surface area contributed by atoms with Crippen LogP contribution in [0, 0.1) is 11.7 Å². The molecule has 2 rings (SSSR count). The van der Waals surface area contributed by atoms with Gasteiger partial charge in [0.1, 0.15) is 5.82 Å². The summed E-state index contributed by atoms with van der Waals surface area (Å²) in [6, 6.07) is 4.84. The maximum atomic E-state index is 14.0. The first-order valence-electron chi connectivity index (χ1n) is 6.79. The highest BCUT2D eigenvalue weighted by atomic mass is 35.5. The lowest BCUT2D eigenvalue weighted by Crippen LogP contribution is -2.41. The van der Waals surface area contributed by atoms with E-state index in [4.69, 9.17) is 17.3 Å². The fourth-order valence-corrected chi connectivity index (χ4v) is 3.21. The van der Waals surface area contributed by atoms with Crippen molar-refractivity contribution in [1.29, 1.82) is 0 Å². The molecular weight excluding hydrogens is 249 g/mol. The van der Waals surface area contributed by atoms with E-state index in [2.05, 4.69) is 6.92 Å².